The van der Waals surface area contributed by atoms with E-state index in [4.69, 9.17) is 23.7 Å². The van der Waals surface area contributed by atoms with Gasteiger partial charge in [0.25, 0.3) is 0 Å². The molecular weight excluding hydrogens is 664 g/mol. The number of methoxy groups -OCH3 is 1. The van der Waals surface area contributed by atoms with Crippen LogP contribution in [0.1, 0.15) is 92.4 Å². The van der Waals surface area contributed by atoms with Crippen LogP contribution < -0.4 is 0 Å². The molecule has 0 amide bonds. The lowest BCUT2D eigenvalue weighted by Gasteiger charge is -2.66. The van der Waals surface area contributed by atoms with Gasteiger partial charge < -0.3 is 64.5 Å². The summed E-state index contributed by atoms with van der Waals surface area (Å²) in [5.74, 6) is -0.129. The van der Waals surface area contributed by atoms with Gasteiger partial charge >= 0.3 is 0 Å². The van der Waals surface area contributed by atoms with E-state index in [1.807, 2.05) is 13.8 Å². The Morgan fingerprint density at radius 2 is 1.53 bits per heavy atom. The van der Waals surface area contributed by atoms with Crippen LogP contribution in [-0.4, -0.2) is 140 Å². The van der Waals surface area contributed by atoms with Gasteiger partial charge in [-0.3, -0.25) is 0 Å². The average molecular weight is 731 g/mol. The fourth-order valence-corrected chi connectivity index (χ4v) is 12.2. The first kappa shape index (κ1) is 40.2. The fraction of sp³-hybridized carbons (Fsp3) is 1.00. The van der Waals surface area contributed by atoms with Gasteiger partial charge in [0, 0.05) is 19.4 Å². The topological polar surface area (TPSA) is 208 Å². The molecule has 2 heterocycles. The molecule has 20 atom stereocenters. The molecule has 2 aliphatic heterocycles. The summed E-state index contributed by atoms with van der Waals surface area (Å²) in [6, 6.07) is 0. The van der Waals surface area contributed by atoms with E-state index in [2.05, 4.69) is 20.8 Å². The van der Waals surface area contributed by atoms with E-state index in [0.717, 1.165) is 25.7 Å². The molecule has 6 fully saturated rings. The van der Waals surface area contributed by atoms with Gasteiger partial charge in [-0.05, 0) is 91.8 Å². The lowest BCUT2D eigenvalue weighted by atomic mass is 9.42. The van der Waals surface area contributed by atoms with Gasteiger partial charge in [0.05, 0.1) is 43.2 Å². The van der Waals surface area contributed by atoms with Gasteiger partial charge in [0.15, 0.2) is 12.6 Å². The van der Waals surface area contributed by atoms with Gasteiger partial charge in [0.2, 0.25) is 0 Å². The van der Waals surface area contributed by atoms with Crippen molar-refractivity contribution in [2.24, 2.45) is 46.3 Å². The van der Waals surface area contributed by atoms with Crippen LogP contribution in [0, 0.1) is 46.3 Å². The van der Waals surface area contributed by atoms with Crippen LogP contribution in [0.15, 0.2) is 0 Å². The van der Waals surface area contributed by atoms with Crippen LogP contribution in [0.4, 0.5) is 0 Å². The minimum Gasteiger partial charge on any atom is -0.394 e. The quantitative estimate of drug-likeness (QED) is 0.140. The summed E-state index contributed by atoms with van der Waals surface area (Å²) in [4.78, 5) is 0. The SMILES string of the molecule is CO[C@H]1[C@H](O[C@H]2CC[C@@]3(C)[C@H](C2)[C@H](O)C[C@]2(O)[C@@H]3CC[C@]3(C)[C@@H]([C@H](C)CC[C@H](O[C@@H]4O[C@@H](CO)[C@H](O)[C@H]4O)C(C)C)C[C@H](O)[C@H]32)OC[C@@H](O)[C@@H]1O. The molecular formula is C38H66O13. The van der Waals surface area contributed by atoms with Crippen LogP contribution in [0.2, 0.25) is 0 Å². The zero-order valence-corrected chi connectivity index (χ0v) is 31.3. The minimum absolute atomic E-state index is 0.0537. The van der Waals surface area contributed by atoms with Gasteiger partial charge in [-0.1, -0.05) is 34.6 Å². The van der Waals surface area contributed by atoms with Crippen molar-refractivity contribution in [1.29, 1.82) is 0 Å². The molecule has 0 aromatic heterocycles. The molecule has 8 N–H and O–H groups in total. The third-order valence-electron chi connectivity index (χ3n) is 14.9. The Kier molecular flexibility index (Phi) is 12.0. The second-order valence-electron chi connectivity index (χ2n) is 18.0. The van der Waals surface area contributed by atoms with E-state index in [9.17, 15) is 40.9 Å². The Morgan fingerprint density at radius 1 is 0.824 bits per heavy atom. The number of hydrogen-bond donors (Lipinski definition) is 8. The van der Waals surface area contributed by atoms with Gasteiger partial charge in [-0.25, -0.2) is 0 Å². The van der Waals surface area contributed by atoms with Crippen molar-refractivity contribution in [2.75, 3.05) is 20.3 Å². The van der Waals surface area contributed by atoms with Crippen molar-refractivity contribution in [3.05, 3.63) is 0 Å². The molecule has 0 bridgehead atoms. The molecule has 0 radical (unpaired) electrons. The largest absolute Gasteiger partial charge is 0.394 e. The molecule has 0 spiro atoms. The smallest absolute Gasteiger partial charge is 0.186 e. The Hall–Kier alpha value is -0.520. The number of aliphatic hydroxyl groups is 8. The summed E-state index contributed by atoms with van der Waals surface area (Å²) >= 11 is 0. The highest BCUT2D eigenvalue weighted by Crippen LogP contribution is 2.70. The first-order chi connectivity index (χ1) is 24.0. The van der Waals surface area contributed by atoms with Gasteiger partial charge in [0.1, 0.15) is 36.6 Å². The highest BCUT2D eigenvalue weighted by atomic mass is 16.7. The normalized spacial score (nSPS) is 52.6. The summed E-state index contributed by atoms with van der Waals surface area (Å²) in [7, 11) is 1.45. The van der Waals surface area contributed by atoms with Gasteiger partial charge in [-0.2, -0.15) is 0 Å². The maximum atomic E-state index is 12.8. The molecule has 0 aromatic rings. The number of rotatable bonds is 11. The molecule has 4 aliphatic carbocycles. The van der Waals surface area contributed by atoms with E-state index >= 15 is 0 Å². The maximum absolute atomic E-state index is 12.8. The van der Waals surface area contributed by atoms with Crippen molar-refractivity contribution in [3.8, 4) is 0 Å². The standard InChI is InChI=1S/C38H66O13/c1-18(2)26(50-34-31(45)30(44)27(16-39)51-34)8-7-19(3)21-14-23(40)33-37(21,5)12-10-28-36(4)11-9-20(13-22(36)24(41)15-38(28,33)46)49-35-32(47-6)29(43)25(42)17-48-35/h18-35,39-46H,7-17H2,1-6H3/t19-,20+,21-,22-,23+,24-,25-,26+,27+,28-,29+,30+,31-,32-,33-,34-,35+,36+,37-,38+/m1/s1. The van der Waals surface area contributed by atoms with Crippen molar-refractivity contribution in [3.63, 3.8) is 0 Å². The van der Waals surface area contributed by atoms with E-state index in [1.54, 1.807) is 0 Å². The third-order valence-corrected chi connectivity index (χ3v) is 14.9. The molecule has 6 rings (SSSR count). The average Bonchev–Trinajstić information content (AvgIpc) is 3.51. The number of ether oxygens (including phenoxy) is 5. The molecule has 2 saturated heterocycles. The lowest BCUT2D eigenvalue weighted by Crippen LogP contribution is -2.68. The first-order valence-electron chi connectivity index (χ1n) is 19.5. The lowest BCUT2D eigenvalue weighted by molar-refractivity contribution is -0.303. The summed E-state index contributed by atoms with van der Waals surface area (Å²) in [6.45, 7) is 10.3. The Morgan fingerprint density at radius 3 is 2.18 bits per heavy atom. The zero-order valence-electron chi connectivity index (χ0n) is 31.3. The van der Waals surface area contributed by atoms with Crippen molar-refractivity contribution < 1.29 is 64.5 Å². The summed E-state index contributed by atoms with van der Waals surface area (Å²) < 4.78 is 29.3. The minimum atomic E-state index is -1.24. The fourth-order valence-electron chi connectivity index (χ4n) is 12.2. The van der Waals surface area contributed by atoms with Crippen molar-refractivity contribution >= 4 is 0 Å². The second kappa shape index (κ2) is 15.2. The summed E-state index contributed by atoms with van der Waals surface area (Å²) in [5, 5.41) is 87.1. The molecule has 13 heteroatoms. The van der Waals surface area contributed by atoms with E-state index in [1.165, 1.54) is 7.11 Å². The Bertz CT molecular complexity index is 1180. The van der Waals surface area contributed by atoms with E-state index < -0.39 is 73.6 Å². The van der Waals surface area contributed by atoms with Crippen LogP contribution in [0.5, 0.6) is 0 Å². The second-order valence-corrected chi connectivity index (χ2v) is 18.0. The Labute approximate surface area is 302 Å². The zero-order chi connectivity index (χ0) is 37.2. The van der Waals surface area contributed by atoms with Crippen LogP contribution in [-0.2, 0) is 23.7 Å². The van der Waals surface area contributed by atoms with E-state index in [0.29, 0.717) is 25.7 Å². The van der Waals surface area contributed by atoms with Crippen LogP contribution >= 0.6 is 0 Å². The molecule has 6 aliphatic rings. The molecule has 0 aromatic carbocycles. The Balaban J connectivity index is 1.12. The first-order valence-corrected chi connectivity index (χ1v) is 19.5. The molecule has 0 unspecified atom stereocenters. The predicted octanol–water partition coefficient (Wildman–Crippen LogP) is 1.08. The summed E-state index contributed by atoms with van der Waals surface area (Å²) in [5.41, 5.74) is -1.92. The summed E-state index contributed by atoms with van der Waals surface area (Å²) in [6.07, 6.45) is -4.26. The van der Waals surface area contributed by atoms with Crippen LogP contribution in [0.25, 0.3) is 0 Å². The number of fused-ring (bicyclic) bond motifs is 5. The molecule has 51 heavy (non-hydrogen) atoms. The monoisotopic (exact) mass is 730 g/mol. The molecule has 13 nitrogen and oxygen atoms in total. The highest BCUT2D eigenvalue weighted by molar-refractivity contribution is 5.20. The molecule has 4 saturated carbocycles. The third kappa shape index (κ3) is 6.97. The van der Waals surface area contributed by atoms with Crippen molar-refractivity contribution in [2.45, 2.75) is 172 Å². The number of hydrogen-bond acceptors (Lipinski definition) is 13. The maximum Gasteiger partial charge on any atom is 0.186 e. The number of aliphatic hydroxyl groups excluding tert-OH is 7. The molecule has 296 valence electrons. The predicted molar refractivity (Wildman–Crippen MR) is 183 cm³/mol. The van der Waals surface area contributed by atoms with E-state index in [-0.39, 0.29) is 71.6 Å². The van der Waals surface area contributed by atoms with Gasteiger partial charge in [-0.15, -0.1) is 0 Å². The van der Waals surface area contributed by atoms with Crippen molar-refractivity contribution in [1.82, 2.24) is 0 Å². The highest BCUT2D eigenvalue weighted by Gasteiger charge is 2.71. The van der Waals surface area contributed by atoms with Crippen LogP contribution in [0.3, 0.4) is 0 Å².